The molecule has 2 heteroatoms. The van der Waals surface area contributed by atoms with Crippen molar-refractivity contribution in [1.82, 2.24) is 5.32 Å². The number of hydrogen-bond acceptors (Lipinski definition) is 1. The zero-order chi connectivity index (χ0) is 9.68. The summed E-state index contributed by atoms with van der Waals surface area (Å²) < 4.78 is 13.1. The second-order valence-electron chi connectivity index (χ2n) is 2.96. The van der Waals surface area contributed by atoms with Gasteiger partial charge in [0.25, 0.3) is 0 Å². The summed E-state index contributed by atoms with van der Waals surface area (Å²) in [6, 6.07) is 7.00. The molecule has 1 aromatic carbocycles. The third-order valence-corrected chi connectivity index (χ3v) is 1.93. The van der Waals surface area contributed by atoms with Crippen LogP contribution in [0.4, 0.5) is 4.39 Å². The van der Waals surface area contributed by atoms with Crippen molar-refractivity contribution in [2.45, 2.75) is 13.0 Å². The SMILES string of the molecule is CNC(C)C=Cc1ccccc1F. The van der Waals surface area contributed by atoms with Crippen LogP contribution in [-0.2, 0) is 0 Å². The van der Waals surface area contributed by atoms with Crippen molar-refractivity contribution in [3.63, 3.8) is 0 Å². The van der Waals surface area contributed by atoms with Crippen LogP contribution in [0.25, 0.3) is 6.08 Å². The Hall–Kier alpha value is -1.15. The maximum atomic E-state index is 13.1. The number of halogens is 1. The van der Waals surface area contributed by atoms with Gasteiger partial charge in [0, 0.05) is 11.6 Å². The predicted molar refractivity (Wildman–Crippen MR) is 54.0 cm³/mol. The van der Waals surface area contributed by atoms with E-state index in [2.05, 4.69) is 5.32 Å². The number of rotatable bonds is 3. The first-order valence-corrected chi connectivity index (χ1v) is 4.34. The first-order chi connectivity index (χ1) is 6.24. The summed E-state index contributed by atoms with van der Waals surface area (Å²) in [7, 11) is 1.87. The van der Waals surface area contributed by atoms with Crippen LogP contribution in [0.3, 0.4) is 0 Å². The van der Waals surface area contributed by atoms with Crippen molar-refractivity contribution in [1.29, 1.82) is 0 Å². The minimum absolute atomic E-state index is 0.179. The first-order valence-electron chi connectivity index (χ1n) is 4.34. The van der Waals surface area contributed by atoms with Gasteiger partial charge in [-0.1, -0.05) is 30.4 Å². The van der Waals surface area contributed by atoms with Crippen LogP contribution in [0, 0.1) is 5.82 Å². The minimum Gasteiger partial charge on any atom is -0.314 e. The van der Waals surface area contributed by atoms with E-state index >= 15 is 0 Å². The molecule has 0 aliphatic carbocycles. The highest BCUT2D eigenvalue weighted by molar-refractivity contribution is 5.50. The van der Waals surface area contributed by atoms with E-state index in [1.165, 1.54) is 6.07 Å². The zero-order valence-corrected chi connectivity index (χ0v) is 7.92. The molecular formula is C11H14FN. The van der Waals surface area contributed by atoms with Crippen LogP contribution in [0.5, 0.6) is 0 Å². The Bertz CT molecular complexity index is 294. The Kier molecular flexibility index (Phi) is 3.65. The van der Waals surface area contributed by atoms with Crippen molar-refractivity contribution in [2.75, 3.05) is 7.05 Å². The lowest BCUT2D eigenvalue weighted by Crippen LogP contribution is -2.17. The Morgan fingerprint density at radius 2 is 2.08 bits per heavy atom. The van der Waals surface area contributed by atoms with E-state index in [-0.39, 0.29) is 11.9 Å². The molecule has 0 saturated heterocycles. The quantitative estimate of drug-likeness (QED) is 0.751. The average Bonchev–Trinajstić information content (AvgIpc) is 2.16. The minimum atomic E-state index is -0.179. The standard InChI is InChI=1S/C11H14FN/c1-9(13-2)7-8-10-5-3-4-6-11(10)12/h3-9,13H,1-2H3. The molecule has 0 fully saturated rings. The lowest BCUT2D eigenvalue weighted by atomic mass is 10.2. The maximum Gasteiger partial charge on any atom is 0.130 e. The third-order valence-electron chi connectivity index (χ3n) is 1.93. The van der Waals surface area contributed by atoms with Crippen molar-refractivity contribution in [3.05, 3.63) is 41.7 Å². The van der Waals surface area contributed by atoms with Crippen LogP contribution in [-0.4, -0.2) is 13.1 Å². The van der Waals surface area contributed by atoms with E-state index in [1.807, 2.05) is 26.1 Å². The van der Waals surface area contributed by atoms with Gasteiger partial charge in [-0.15, -0.1) is 0 Å². The largest absolute Gasteiger partial charge is 0.314 e. The maximum absolute atomic E-state index is 13.1. The van der Waals surface area contributed by atoms with Crippen molar-refractivity contribution >= 4 is 6.08 Å². The van der Waals surface area contributed by atoms with Gasteiger partial charge in [-0.2, -0.15) is 0 Å². The average molecular weight is 179 g/mol. The molecule has 0 saturated carbocycles. The summed E-state index contributed by atoms with van der Waals surface area (Å²) in [4.78, 5) is 0. The molecule has 1 aromatic rings. The lowest BCUT2D eigenvalue weighted by molar-refractivity contribution is 0.625. The van der Waals surface area contributed by atoms with Crippen LogP contribution in [0.2, 0.25) is 0 Å². The molecule has 0 aliphatic heterocycles. The zero-order valence-electron chi connectivity index (χ0n) is 7.92. The topological polar surface area (TPSA) is 12.0 Å². The van der Waals surface area contributed by atoms with Gasteiger partial charge in [0.15, 0.2) is 0 Å². The molecule has 1 atom stereocenters. The fraction of sp³-hybridized carbons (Fsp3) is 0.273. The van der Waals surface area contributed by atoms with E-state index < -0.39 is 0 Å². The molecule has 0 spiro atoms. The fourth-order valence-corrected chi connectivity index (χ4v) is 0.954. The van der Waals surface area contributed by atoms with E-state index in [9.17, 15) is 4.39 Å². The second-order valence-corrected chi connectivity index (χ2v) is 2.96. The molecule has 70 valence electrons. The molecule has 0 aromatic heterocycles. The molecule has 0 bridgehead atoms. The van der Waals surface area contributed by atoms with Crippen LogP contribution in [0.1, 0.15) is 12.5 Å². The summed E-state index contributed by atoms with van der Waals surface area (Å²) in [5, 5.41) is 3.05. The molecule has 1 nitrogen and oxygen atoms in total. The second kappa shape index (κ2) is 4.77. The summed E-state index contributed by atoms with van der Waals surface area (Å²) in [5.74, 6) is -0.179. The molecule has 1 unspecified atom stereocenters. The van der Waals surface area contributed by atoms with Gasteiger partial charge in [-0.05, 0) is 20.0 Å². The smallest absolute Gasteiger partial charge is 0.130 e. The third kappa shape index (κ3) is 2.99. The fourth-order valence-electron chi connectivity index (χ4n) is 0.954. The predicted octanol–water partition coefficient (Wildman–Crippen LogP) is 2.45. The van der Waals surface area contributed by atoms with Crippen molar-refractivity contribution in [3.8, 4) is 0 Å². The number of likely N-dealkylation sites (N-methyl/N-ethyl adjacent to an activating group) is 1. The summed E-state index contributed by atoms with van der Waals surface area (Å²) in [6.45, 7) is 2.01. The van der Waals surface area contributed by atoms with Gasteiger partial charge in [0.2, 0.25) is 0 Å². The van der Waals surface area contributed by atoms with Gasteiger partial charge in [0.1, 0.15) is 5.82 Å². The summed E-state index contributed by atoms with van der Waals surface area (Å²) >= 11 is 0. The lowest BCUT2D eigenvalue weighted by Gasteiger charge is -2.02. The monoisotopic (exact) mass is 179 g/mol. The molecule has 0 heterocycles. The molecule has 0 amide bonds. The van der Waals surface area contributed by atoms with Crippen LogP contribution in [0.15, 0.2) is 30.3 Å². The van der Waals surface area contributed by atoms with E-state index in [0.29, 0.717) is 5.56 Å². The number of benzene rings is 1. The van der Waals surface area contributed by atoms with Gasteiger partial charge >= 0.3 is 0 Å². The van der Waals surface area contributed by atoms with Crippen molar-refractivity contribution < 1.29 is 4.39 Å². The van der Waals surface area contributed by atoms with E-state index in [0.717, 1.165) is 0 Å². The Balaban J connectivity index is 2.74. The highest BCUT2D eigenvalue weighted by atomic mass is 19.1. The van der Waals surface area contributed by atoms with Crippen LogP contribution >= 0.6 is 0 Å². The van der Waals surface area contributed by atoms with Gasteiger partial charge < -0.3 is 5.32 Å². The normalized spacial score (nSPS) is 13.5. The summed E-state index contributed by atoms with van der Waals surface area (Å²) in [5.41, 5.74) is 0.629. The highest BCUT2D eigenvalue weighted by Gasteiger charge is 1.95. The Morgan fingerprint density at radius 1 is 1.38 bits per heavy atom. The molecule has 1 rings (SSSR count). The van der Waals surface area contributed by atoms with Crippen LogP contribution < -0.4 is 5.32 Å². The Labute approximate surface area is 78.3 Å². The molecule has 0 aliphatic rings. The van der Waals surface area contributed by atoms with E-state index in [4.69, 9.17) is 0 Å². The summed E-state index contributed by atoms with van der Waals surface area (Å²) in [6.07, 6.45) is 3.72. The molecule has 1 N–H and O–H groups in total. The highest BCUT2D eigenvalue weighted by Crippen LogP contribution is 2.08. The van der Waals surface area contributed by atoms with Crippen molar-refractivity contribution in [2.24, 2.45) is 0 Å². The van der Waals surface area contributed by atoms with Gasteiger partial charge in [0.05, 0.1) is 0 Å². The number of nitrogens with one attached hydrogen (secondary N) is 1. The number of hydrogen-bond donors (Lipinski definition) is 1. The first kappa shape index (κ1) is 9.93. The van der Waals surface area contributed by atoms with Gasteiger partial charge in [-0.25, -0.2) is 4.39 Å². The van der Waals surface area contributed by atoms with Gasteiger partial charge in [-0.3, -0.25) is 0 Å². The Morgan fingerprint density at radius 3 is 2.69 bits per heavy atom. The molecular weight excluding hydrogens is 165 g/mol. The molecule has 13 heavy (non-hydrogen) atoms. The molecule has 0 radical (unpaired) electrons. The van der Waals surface area contributed by atoms with E-state index in [1.54, 1.807) is 18.2 Å².